The van der Waals surface area contributed by atoms with E-state index < -0.39 is 15.8 Å². The van der Waals surface area contributed by atoms with Crippen molar-refractivity contribution < 1.29 is 12.8 Å². The predicted molar refractivity (Wildman–Crippen MR) is 66.0 cm³/mol. The lowest BCUT2D eigenvalue weighted by Gasteiger charge is -2.17. The fourth-order valence-electron chi connectivity index (χ4n) is 1.14. The number of hydrogen-bond acceptors (Lipinski definition) is 2. The third kappa shape index (κ3) is 3.66. The highest BCUT2D eigenvalue weighted by atomic mass is 35.5. The van der Waals surface area contributed by atoms with Crippen molar-refractivity contribution in [3.05, 3.63) is 29.0 Å². The number of rotatable bonds is 4. The summed E-state index contributed by atoms with van der Waals surface area (Å²) in [6.07, 6.45) is 0. The van der Waals surface area contributed by atoms with Gasteiger partial charge < -0.3 is 0 Å². The van der Waals surface area contributed by atoms with Crippen LogP contribution in [0.5, 0.6) is 0 Å². The van der Waals surface area contributed by atoms with E-state index in [1.54, 1.807) is 6.92 Å². The van der Waals surface area contributed by atoms with Crippen LogP contribution in [0, 0.1) is 11.7 Å². The average molecular weight is 280 g/mol. The molecule has 0 aliphatic heterocycles. The molecular formula is C11H15ClFNO2S. The van der Waals surface area contributed by atoms with E-state index in [0.29, 0.717) is 0 Å². The summed E-state index contributed by atoms with van der Waals surface area (Å²) in [5.74, 6) is -0.408. The Hall–Kier alpha value is -0.650. The summed E-state index contributed by atoms with van der Waals surface area (Å²) in [6, 6.07) is 2.99. The van der Waals surface area contributed by atoms with Gasteiger partial charge in [-0.05, 0) is 31.0 Å². The molecule has 0 fully saturated rings. The first kappa shape index (κ1) is 14.4. The molecule has 0 aliphatic carbocycles. The lowest BCUT2D eigenvalue weighted by Crippen LogP contribution is -2.36. The second-order valence-corrected chi connectivity index (χ2v) is 6.32. The zero-order valence-electron chi connectivity index (χ0n) is 9.87. The smallest absolute Gasteiger partial charge is 0.208 e. The summed E-state index contributed by atoms with van der Waals surface area (Å²) in [5, 5.41) is -0.117. The maximum Gasteiger partial charge on any atom is 0.242 e. The van der Waals surface area contributed by atoms with E-state index in [-0.39, 0.29) is 21.9 Å². The number of nitrogens with one attached hydrogen (secondary N) is 1. The molecule has 0 bridgehead atoms. The van der Waals surface area contributed by atoms with E-state index in [9.17, 15) is 12.8 Å². The molecule has 96 valence electrons. The third-order valence-electron chi connectivity index (χ3n) is 2.52. The van der Waals surface area contributed by atoms with Crippen molar-refractivity contribution >= 4 is 21.6 Å². The van der Waals surface area contributed by atoms with Gasteiger partial charge in [-0.2, -0.15) is 0 Å². The molecule has 3 nitrogen and oxygen atoms in total. The fraction of sp³-hybridized carbons (Fsp3) is 0.455. The van der Waals surface area contributed by atoms with Crippen molar-refractivity contribution in [2.75, 3.05) is 0 Å². The Labute approximate surface area is 106 Å². The van der Waals surface area contributed by atoms with Gasteiger partial charge in [0.2, 0.25) is 10.0 Å². The maximum absolute atomic E-state index is 12.8. The SMILES string of the molecule is CC(C)C(C)NS(=O)(=O)c1ccc(F)cc1Cl. The molecule has 0 aromatic heterocycles. The molecular weight excluding hydrogens is 265 g/mol. The lowest BCUT2D eigenvalue weighted by atomic mass is 10.1. The Balaban J connectivity index is 3.06. The van der Waals surface area contributed by atoms with E-state index in [1.165, 1.54) is 0 Å². The van der Waals surface area contributed by atoms with Crippen LogP contribution in [0.25, 0.3) is 0 Å². The molecule has 1 unspecified atom stereocenters. The van der Waals surface area contributed by atoms with Crippen molar-refractivity contribution in [3.8, 4) is 0 Å². The van der Waals surface area contributed by atoms with Crippen LogP contribution >= 0.6 is 11.6 Å². The van der Waals surface area contributed by atoms with Gasteiger partial charge in [0.05, 0.1) is 5.02 Å². The molecule has 1 rings (SSSR count). The largest absolute Gasteiger partial charge is 0.242 e. The monoisotopic (exact) mass is 279 g/mol. The molecule has 0 aliphatic rings. The molecule has 0 spiro atoms. The first-order valence-electron chi connectivity index (χ1n) is 5.21. The highest BCUT2D eigenvalue weighted by Gasteiger charge is 2.21. The fourth-order valence-corrected chi connectivity index (χ4v) is 3.06. The van der Waals surface area contributed by atoms with Crippen LogP contribution in [-0.4, -0.2) is 14.5 Å². The summed E-state index contributed by atoms with van der Waals surface area (Å²) in [7, 11) is -3.70. The van der Waals surface area contributed by atoms with Crippen molar-refractivity contribution in [1.29, 1.82) is 0 Å². The Morgan fingerprint density at radius 3 is 2.35 bits per heavy atom. The first-order valence-corrected chi connectivity index (χ1v) is 7.07. The summed E-state index contributed by atoms with van der Waals surface area (Å²) < 4.78 is 39.2. The van der Waals surface area contributed by atoms with Crippen molar-refractivity contribution in [2.45, 2.75) is 31.7 Å². The van der Waals surface area contributed by atoms with Gasteiger partial charge >= 0.3 is 0 Å². The molecule has 0 amide bonds. The third-order valence-corrected chi connectivity index (χ3v) is 4.57. The lowest BCUT2D eigenvalue weighted by molar-refractivity contribution is 0.476. The average Bonchev–Trinajstić information content (AvgIpc) is 2.15. The minimum atomic E-state index is -3.70. The van der Waals surface area contributed by atoms with Gasteiger partial charge in [-0.1, -0.05) is 25.4 Å². The zero-order chi connectivity index (χ0) is 13.2. The first-order chi connectivity index (χ1) is 7.74. The minimum Gasteiger partial charge on any atom is -0.208 e. The second-order valence-electron chi connectivity index (χ2n) is 4.23. The topological polar surface area (TPSA) is 46.2 Å². The zero-order valence-corrected chi connectivity index (χ0v) is 11.4. The van der Waals surface area contributed by atoms with Gasteiger partial charge in [0, 0.05) is 6.04 Å². The number of sulfonamides is 1. The molecule has 0 radical (unpaired) electrons. The highest BCUT2D eigenvalue weighted by molar-refractivity contribution is 7.89. The highest BCUT2D eigenvalue weighted by Crippen LogP contribution is 2.22. The van der Waals surface area contributed by atoms with Gasteiger partial charge in [0.15, 0.2) is 0 Å². The van der Waals surface area contributed by atoms with E-state index in [2.05, 4.69) is 4.72 Å². The van der Waals surface area contributed by atoms with Gasteiger partial charge in [0.25, 0.3) is 0 Å². The number of halogens is 2. The molecule has 0 heterocycles. The van der Waals surface area contributed by atoms with Crippen molar-refractivity contribution in [3.63, 3.8) is 0 Å². The molecule has 1 aromatic carbocycles. The molecule has 0 saturated heterocycles. The second kappa shape index (κ2) is 5.33. The Morgan fingerprint density at radius 2 is 1.88 bits per heavy atom. The molecule has 1 N–H and O–H groups in total. The van der Waals surface area contributed by atoms with Gasteiger partial charge in [-0.3, -0.25) is 0 Å². The molecule has 17 heavy (non-hydrogen) atoms. The Kier molecular flexibility index (Phi) is 4.52. The Morgan fingerprint density at radius 1 is 1.29 bits per heavy atom. The molecule has 1 atom stereocenters. The van der Waals surface area contributed by atoms with Crippen molar-refractivity contribution in [1.82, 2.24) is 4.72 Å². The predicted octanol–water partition coefficient (Wildman–Crippen LogP) is 2.80. The quantitative estimate of drug-likeness (QED) is 0.921. The van der Waals surface area contributed by atoms with Crippen LogP contribution in [0.3, 0.4) is 0 Å². The van der Waals surface area contributed by atoms with Crippen LogP contribution in [-0.2, 0) is 10.0 Å². The van der Waals surface area contributed by atoms with E-state index >= 15 is 0 Å². The molecule has 0 saturated carbocycles. The summed E-state index contributed by atoms with van der Waals surface area (Å²) in [4.78, 5) is -0.104. The van der Waals surface area contributed by atoms with Crippen LogP contribution < -0.4 is 4.72 Å². The van der Waals surface area contributed by atoms with Crippen LogP contribution in [0.2, 0.25) is 5.02 Å². The summed E-state index contributed by atoms with van der Waals surface area (Å²) >= 11 is 5.72. The maximum atomic E-state index is 12.8. The molecule has 6 heteroatoms. The van der Waals surface area contributed by atoms with Gasteiger partial charge in [-0.15, -0.1) is 0 Å². The van der Waals surface area contributed by atoms with Gasteiger partial charge in [0.1, 0.15) is 10.7 Å². The van der Waals surface area contributed by atoms with E-state index in [0.717, 1.165) is 18.2 Å². The number of benzene rings is 1. The van der Waals surface area contributed by atoms with Crippen LogP contribution in [0.1, 0.15) is 20.8 Å². The standard InChI is InChI=1S/C11H15ClFNO2S/c1-7(2)8(3)14-17(15,16)11-5-4-9(13)6-10(11)12/h4-8,14H,1-3H3. The normalized spacial score (nSPS) is 14.0. The van der Waals surface area contributed by atoms with E-state index in [1.807, 2.05) is 13.8 Å². The minimum absolute atomic E-state index is 0.104. The van der Waals surface area contributed by atoms with Crippen LogP contribution in [0.15, 0.2) is 23.1 Å². The van der Waals surface area contributed by atoms with Crippen LogP contribution in [0.4, 0.5) is 4.39 Å². The van der Waals surface area contributed by atoms with Gasteiger partial charge in [-0.25, -0.2) is 17.5 Å². The Bertz CT molecular complexity index is 502. The number of hydrogen-bond donors (Lipinski definition) is 1. The summed E-state index contributed by atoms with van der Waals surface area (Å²) in [6.45, 7) is 5.57. The van der Waals surface area contributed by atoms with E-state index in [4.69, 9.17) is 11.6 Å². The van der Waals surface area contributed by atoms with Crippen molar-refractivity contribution in [2.24, 2.45) is 5.92 Å². The molecule has 1 aromatic rings. The summed E-state index contributed by atoms with van der Waals surface area (Å²) in [5.41, 5.74) is 0.